The van der Waals surface area contributed by atoms with Crippen LogP contribution in [0.2, 0.25) is 0 Å². The lowest BCUT2D eigenvalue weighted by Gasteiger charge is -1.94. The van der Waals surface area contributed by atoms with Gasteiger partial charge in [-0.1, -0.05) is 12.7 Å². The fourth-order valence-electron chi connectivity index (χ4n) is 0.303. The summed E-state index contributed by atoms with van der Waals surface area (Å²) in [7, 11) is -2.54. The number of rotatable bonds is 4. The van der Waals surface area contributed by atoms with Gasteiger partial charge in [-0.05, 0) is 0 Å². The third kappa shape index (κ3) is 6.72. The first-order valence-electron chi connectivity index (χ1n) is 2.70. The summed E-state index contributed by atoms with van der Waals surface area (Å²) in [5.74, 6) is -0.686. The minimum atomic E-state index is -2.54. The van der Waals surface area contributed by atoms with Crippen LogP contribution in [-0.2, 0) is 20.0 Å². The Bertz CT molecular complexity index is 258. The molecular formula is C5H7NO4S. The van der Waals surface area contributed by atoms with E-state index in [0.717, 1.165) is 0 Å². The Hall–Kier alpha value is -1.17. The largest absolute Gasteiger partial charge is 0.460 e. The highest BCUT2D eigenvalue weighted by Crippen LogP contribution is 1.79. The van der Waals surface area contributed by atoms with Crippen molar-refractivity contribution >= 4 is 16.5 Å². The molecule has 0 radical (unpaired) electrons. The van der Waals surface area contributed by atoms with Crippen LogP contribution in [0.25, 0.3) is 0 Å². The molecule has 0 unspecified atom stereocenters. The first-order chi connectivity index (χ1) is 5.16. The molecule has 0 amide bonds. The molecule has 0 N–H and O–H groups in total. The van der Waals surface area contributed by atoms with Gasteiger partial charge in [0.15, 0.2) is 6.54 Å². The van der Waals surface area contributed by atoms with Crippen molar-refractivity contribution < 1.29 is 17.9 Å². The highest BCUT2D eigenvalue weighted by Gasteiger charge is 1.97. The number of esters is 1. The number of hydrogen-bond acceptors (Lipinski definition) is 5. The maximum atomic E-state index is 10.5. The van der Waals surface area contributed by atoms with Crippen molar-refractivity contribution in [2.24, 2.45) is 4.36 Å². The standard InChI is InChI=1S/C5H7NO4S/c1-2-3-10-5(7)4-6-11(8)9/h2H,1,3-4H2. The Balaban J connectivity index is 3.70. The monoisotopic (exact) mass is 177 g/mol. The van der Waals surface area contributed by atoms with Gasteiger partial charge in [-0.15, -0.1) is 0 Å². The van der Waals surface area contributed by atoms with Gasteiger partial charge < -0.3 is 4.74 Å². The SMILES string of the molecule is C=CCOC(=O)CN=S(=O)=O. The Kier molecular flexibility index (Phi) is 5.01. The fraction of sp³-hybridized carbons (Fsp3) is 0.400. The van der Waals surface area contributed by atoms with Crippen molar-refractivity contribution in [3.05, 3.63) is 12.7 Å². The van der Waals surface area contributed by atoms with Crippen molar-refractivity contribution in [3.63, 3.8) is 0 Å². The van der Waals surface area contributed by atoms with Crippen molar-refractivity contribution in [2.45, 2.75) is 0 Å². The van der Waals surface area contributed by atoms with Crippen LogP contribution in [-0.4, -0.2) is 27.5 Å². The Morgan fingerprint density at radius 1 is 1.64 bits per heavy atom. The predicted molar refractivity (Wildman–Crippen MR) is 37.4 cm³/mol. The topological polar surface area (TPSA) is 72.8 Å². The summed E-state index contributed by atoms with van der Waals surface area (Å²) in [6.07, 6.45) is 1.38. The molecule has 11 heavy (non-hydrogen) atoms. The second-order valence-electron chi connectivity index (χ2n) is 1.48. The first kappa shape index (κ1) is 9.83. The van der Waals surface area contributed by atoms with E-state index in [1.807, 2.05) is 0 Å². The molecule has 0 saturated heterocycles. The maximum Gasteiger partial charge on any atom is 0.329 e. The van der Waals surface area contributed by atoms with Crippen LogP contribution in [0.4, 0.5) is 0 Å². The lowest BCUT2D eigenvalue weighted by atomic mass is 10.6. The summed E-state index contributed by atoms with van der Waals surface area (Å²) in [6.45, 7) is 2.90. The number of hydrogen-bond donors (Lipinski definition) is 0. The van der Waals surface area contributed by atoms with Crippen LogP contribution in [0.3, 0.4) is 0 Å². The van der Waals surface area contributed by atoms with Crippen LogP contribution in [0.15, 0.2) is 17.0 Å². The average molecular weight is 177 g/mol. The van der Waals surface area contributed by atoms with Crippen LogP contribution < -0.4 is 0 Å². The lowest BCUT2D eigenvalue weighted by Crippen LogP contribution is -2.07. The molecule has 62 valence electrons. The molecule has 0 aromatic carbocycles. The molecule has 5 nitrogen and oxygen atoms in total. The molecule has 0 saturated carbocycles. The van der Waals surface area contributed by atoms with Crippen molar-refractivity contribution in [1.82, 2.24) is 0 Å². The third-order valence-electron chi connectivity index (χ3n) is 0.661. The van der Waals surface area contributed by atoms with E-state index < -0.39 is 23.0 Å². The molecular weight excluding hydrogens is 170 g/mol. The van der Waals surface area contributed by atoms with Gasteiger partial charge in [-0.3, -0.25) is 0 Å². The summed E-state index contributed by atoms with van der Waals surface area (Å²) in [4.78, 5) is 10.5. The molecule has 0 fully saturated rings. The highest BCUT2D eigenvalue weighted by atomic mass is 32.2. The fourth-order valence-corrected chi connectivity index (χ4v) is 0.514. The van der Waals surface area contributed by atoms with Crippen LogP contribution in [0.5, 0.6) is 0 Å². The van der Waals surface area contributed by atoms with Crippen LogP contribution in [0, 0.1) is 0 Å². The quantitative estimate of drug-likeness (QED) is 0.439. The number of nitrogens with zero attached hydrogens (tertiary/aromatic N) is 1. The molecule has 6 heteroatoms. The zero-order valence-corrected chi connectivity index (χ0v) is 6.50. The third-order valence-corrected chi connectivity index (χ3v) is 1.00. The first-order valence-corrected chi connectivity index (χ1v) is 3.73. The van der Waals surface area contributed by atoms with E-state index in [9.17, 15) is 13.2 Å². The van der Waals surface area contributed by atoms with Crippen molar-refractivity contribution in [3.8, 4) is 0 Å². The number of carbonyl (C=O) groups excluding carboxylic acids is 1. The smallest absolute Gasteiger partial charge is 0.329 e. The summed E-state index contributed by atoms with van der Waals surface area (Å²) < 4.78 is 26.9. The maximum absolute atomic E-state index is 10.5. The van der Waals surface area contributed by atoms with Gasteiger partial charge in [-0.25, -0.2) is 4.79 Å². The van der Waals surface area contributed by atoms with Gasteiger partial charge in [0.2, 0.25) is 0 Å². The van der Waals surface area contributed by atoms with Gasteiger partial charge >= 0.3 is 16.5 Å². The predicted octanol–water partition coefficient (Wildman–Crippen LogP) is -0.222. The lowest BCUT2D eigenvalue weighted by molar-refractivity contribution is -0.140. The van der Waals surface area contributed by atoms with E-state index in [0.29, 0.717) is 0 Å². The molecule has 0 aromatic heterocycles. The molecule has 0 aliphatic rings. The van der Waals surface area contributed by atoms with Crippen LogP contribution >= 0.6 is 0 Å². The number of carbonyl (C=O) groups is 1. The van der Waals surface area contributed by atoms with E-state index >= 15 is 0 Å². The minimum Gasteiger partial charge on any atom is -0.460 e. The molecule has 0 aromatic rings. The molecule has 0 heterocycles. The summed E-state index contributed by atoms with van der Waals surface area (Å²) in [5, 5.41) is 0. The van der Waals surface area contributed by atoms with Gasteiger partial charge in [0, 0.05) is 0 Å². The van der Waals surface area contributed by atoms with Crippen molar-refractivity contribution in [2.75, 3.05) is 13.2 Å². The van der Waals surface area contributed by atoms with Gasteiger partial charge in [0.1, 0.15) is 6.61 Å². The summed E-state index contributed by atoms with van der Waals surface area (Å²) >= 11 is 0. The molecule has 0 atom stereocenters. The van der Waals surface area contributed by atoms with E-state index in [1.165, 1.54) is 6.08 Å². The molecule has 0 bridgehead atoms. The van der Waals surface area contributed by atoms with E-state index in [2.05, 4.69) is 15.7 Å². The second kappa shape index (κ2) is 5.60. The highest BCUT2D eigenvalue weighted by molar-refractivity contribution is 7.61. The zero-order valence-electron chi connectivity index (χ0n) is 5.69. The van der Waals surface area contributed by atoms with E-state index in [-0.39, 0.29) is 6.61 Å². The summed E-state index contributed by atoms with van der Waals surface area (Å²) in [6, 6.07) is 0. The molecule has 0 aliphatic heterocycles. The van der Waals surface area contributed by atoms with Crippen LogP contribution in [0.1, 0.15) is 0 Å². The molecule has 0 spiro atoms. The van der Waals surface area contributed by atoms with Gasteiger partial charge in [0.05, 0.1) is 0 Å². The minimum absolute atomic E-state index is 0.0693. The molecule has 0 rings (SSSR count). The Morgan fingerprint density at radius 2 is 2.27 bits per heavy atom. The zero-order chi connectivity index (χ0) is 8.69. The second-order valence-corrected chi connectivity index (χ2v) is 2.17. The normalized spacial score (nSPS) is 8.36. The average Bonchev–Trinajstić information content (AvgIpc) is 1.97. The number of ether oxygens (including phenoxy) is 1. The Morgan fingerprint density at radius 3 is 2.73 bits per heavy atom. The van der Waals surface area contributed by atoms with Gasteiger partial charge in [0.25, 0.3) is 0 Å². The Labute approximate surface area is 65.4 Å². The van der Waals surface area contributed by atoms with Gasteiger partial charge in [-0.2, -0.15) is 12.8 Å². The molecule has 0 aliphatic carbocycles. The van der Waals surface area contributed by atoms with E-state index in [4.69, 9.17) is 0 Å². The summed E-state index contributed by atoms with van der Waals surface area (Å²) in [5.41, 5.74) is 0. The van der Waals surface area contributed by atoms with Crippen molar-refractivity contribution in [1.29, 1.82) is 0 Å². The van der Waals surface area contributed by atoms with E-state index in [1.54, 1.807) is 0 Å².